The summed E-state index contributed by atoms with van der Waals surface area (Å²) in [7, 11) is 2.18. The first-order chi connectivity index (χ1) is 19.1. The Balaban J connectivity index is 1.73. The molecule has 39 heavy (non-hydrogen) atoms. The molecule has 0 heterocycles. The minimum Gasteiger partial charge on any atom is -0.372 e. The Morgan fingerprint density at radius 2 is 1.31 bits per heavy atom. The first kappa shape index (κ1) is 31.5. The van der Waals surface area contributed by atoms with E-state index in [4.69, 9.17) is 14.2 Å². The number of benzene rings is 2. The maximum atomic E-state index is 12.7. The SMILES string of the molecule is CCCCCCCN(C)[C@H]1[C@H](OCC(=O)CCCCC)[C@H](OCc2ccccc2)C[C@@H]1OCc1ccccc1. The minimum absolute atomic E-state index is 0.0316. The molecule has 2 aromatic carbocycles. The first-order valence-electron chi connectivity index (χ1n) is 15.3. The average Bonchev–Trinajstić information content (AvgIpc) is 3.32. The molecular weight excluding hydrogens is 486 g/mol. The van der Waals surface area contributed by atoms with Crippen molar-refractivity contribution in [3.05, 3.63) is 71.8 Å². The molecule has 1 aliphatic rings. The number of unbranched alkanes of at least 4 members (excludes halogenated alkanes) is 6. The smallest absolute Gasteiger partial charge is 0.158 e. The topological polar surface area (TPSA) is 48.0 Å². The lowest BCUT2D eigenvalue weighted by atomic mass is 10.1. The Labute approximate surface area is 237 Å². The zero-order chi connectivity index (χ0) is 27.7. The fraction of sp³-hybridized carbons (Fsp3) is 0.618. The summed E-state index contributed by atoms with van der Waals surface area (Å²) in [4.78, 5) is 15.1. The number of likely N-dealkylation sites (N-methyl/N-ethyl adjacent to an activating group) is 1. The second-order valence-corrected chi connectivity index (χ2v) is 11.1. The molecule has 0 aromatic heterocycles. The van der Waals surface area contributed by atoms with Gasteiger partial charge in [-0.1, -0.05) is 113 Å². The van der Waals surface area contributed by atoms with Gasteiger partial charge in [0.05, 0.1) is 31.5 Å². The van der Waals surface area contributed by atoms with E-state index in [0.717, 1.165) is 49.8 Å². The third-order valence-electron chi connectivity index (χ3n) is 7.78. The van der Waals surface area contributed by atoms with Gasteiger partial charge < -0.3 is 14.2 Å². The van der Waals surface area contributed by atoms with Gasteiger partial charge in [0.2, 0.25) is 0 Å². The van der Waals surface area contributed by atoms with E-state index < -0.39 is 0 Å². The number of hydrogen-bond acceptors (Lipinski definition) is 5. The third kappa shape index (κ3) is 11.2. The predicted molar refractivity (Wildman–Crippen MR) is 159 cm³/mol. The zero-order valence-electron chi connectivity index (χ0n) is 24.6. The number of ether oxygens (including phenoxy) is 3. The number of rotatable bonds is 20. The van der Waals surface area contributed by atoms with Crippen LogP contribution in [0.3, 0.4) is 0 Å². The molecule has 0 aliphatic heterocycles. The molecule has 3 rings (SSSR count). The molecule has 0 saturated heterocycles. The molecule has 5 nitrogen and oxygen atoms in total. The van der Waals surface area contributed by atoms with Crippen LogP contribution >= 0.6 is 0 Å². The van der Waals surface area contributed by atoms with Crippen molar-refractivity contribution in [1.29, 1.82) is 0 Å². The number of hydrogen-bond donors (Lipinski definition) is 0. The van der Waals surface area contributed by atoms with Gasteiger partial charge in [-0.05, 0) is 37.6 Å². The first-order valence-corrected chi connectivity index (χ1v) is 15.3. The van der Waals surface area contributed by atoms with Crippen LogP contribution in [-0.2, 0) is 32.2 Å². The molecule has 1 aliphatic carbocycles. The standard InChI is InChI=1S/C34H51NO4/c1-4-6-8-9-17-23-35(3)33-31(37-25-28-18-13-10-14-19-28)24-32(38-26-29-20-15-11-16-21-29)34(33)39-27-30(36)22-12-7-5-2/h10-11,13-16,18-21,31-34H,4-9,12,17,22-27H2,1-3H3/t31-,32+,33+,34+/m0/s1. The normalized spacial score (nSPS) is 21.0. The third-order valence-corrected chi connectivity index (χ3v) is 7.78. The summed E-state index contributed by atoms with van der Waals surface area (Å²) in [5.74, 6) is 0.180. The quantitative estimate of drug-likeness (QED) is 0.165. The van der Waals surface area contributed by atoms with Crippen LogP contribution in [0.15, 0.2) is 60.7 Å². The highest BCUT2D eigenvalue weighted by Crippen LogP contribution is 2.33. The highest BCUT2D eigenvalue weighted by molar-refractivity contribution is 5.79. The molecule has 0 bridgehead atoms. The van der Waals surface area contributed by atoms with Crippen molar-refractivity contribution in [3.8, 4) is 0 Å². The van der Waals surface area contributed by atoms with E-state index in [0.29, 0.717) is 19.6 Å². The van der Waals surface area contributed by atoms with E-state index >= 15 is 0 Å². The van der Waals surface area contributed by atoms with Crippen LogP contribution in [0, 0.1) is 0 Å². The number of Topliss-reactive ketones (excluding diaryl/α,β-unsaturated/α-hetero) is 1. The lowest BCUT2D eigenvalue weighted by Crippen LogP contribution is -2.49. The van der Waals surface area contributed by atoms with Gasteiger partial charge in [0.25, 0.3) is 0 Å². The van der Waals surface area contributed by atoms with E-state index in [9.17, 15) is 4.79 Å². The number of carbonyl (C=O) groups is 1. The second kappa shape index (κ2) is 18.3. The summed E-state index contributed by atoms with van der Waals surface area (Å²) >= 11 is 0. The van der Waals surface area contributed by atoms with Crippen LogP contribution < -0.4 is 0 Å². The summed E-state index contributed by atoms with van der Waals surface area (Å²) in [5.41, 5.74) is 2.30. The maximum absolute atomic E-state index is 12.7. The largest absolute Gasteiger partial charge is 0.372 e. The highest BCUT2D eigenvalue weighted by Gasteiger charge is 2.47. The van der Waals surface area contributed by atoms with E-state index in [1.807, 2.05) is 24.3 Å². The molecule has 1 saturated carbocycles. The molecule has 0 unspecified atom stereocenters. The van der Waals surface area contributed by atoms with Crippen molar-refractivity contribution < 1.29 is 19.0 Å². The van der Waals surface area contributed by atoms with Gasteiger partial charge in [0, 0.05) is 12.8 Å². The van der Waals surface area contributed by atoms with Gasteiger partial charge in [-0.2, -0.15) is 0 Å². The molecule has 0 N–H and O–H groups in total. The number of nitrogens with zero attached hydrogens (tertiary/aromatic N) is 1. The molecule has 0 spiro atoms. The molecule has 1 fully saturated rings. The van der Waals surface area contributed by atoms with Crippen LogP contribution in [0.2, 0.25) is 0 Å². The van der Waals surface area contributed by atoms with Crippen molar-refractivity contribution in [3.63, 3.8) is 0 Å². The fourth-order valence-corrected chi connectivity index (χ4v) is 5.51. The summed E-state index contributed by atoms with van der Waals surface area (Å²) in [6.07, 6.45) is 10.3. The maximum Gasteiger partial charge on any atom is 0.158 e. The van der Waals surface area contributed by atoms with E-state index in [-0.39, 0.29) is 36.7 Å². The average molecular weight is 538 g/mol. The van der Waals surface area contributed by atoms with E-state index in [2.05, 4.69) is 62.2 Å². The Hall–Kier alpha value is -2.05. The fourth-order valence-electron chi connectivity index (χ4n) is 5.51. The van der Waals surface area contributed by atoms with Crippen molar-refractivity contribution in [2.24, 2.45) is 0 Å². The minimum atomic E-state index is -0.217. The van der Waals surface area contributed by atoms with Crippen LogP contribution in [0.25, 0.3) is 0 Å². The van der Waals surface area contributed by atoms with Gasteiger partial charge >= 0.3 is 0 Å². The predicted octanol–water partition coefficient (Wildman–Crippen LogP) is 7.37. The van der Waals surface area contributed by atoms with E-state index in [1.54, 1.807) is 0 Å². The van der Waals surface area contributed by atoms with Crippen LogP contribution in [0.5, 0.6) is 0 Å². The molecular formula is C34H51NO4. The highest BCUT2D eigenvalue weighted by atomic mass is 16.6. The van der Waals surface area contributed by atoms with Gasteiger partial charge in [-0.3, -0.25) is 9.69 Å². The molecule has 4 atom stereocenters. The van der Waals surface area contributed by atoms with Crippen molar-refractivity contribution in [2.75, 3.05) is 20.2 Å². The lowest BCUT2D eigenvalue weighted by molar-refractivity contribution is -0.133. The Bertz CT molecular complexity index is 906. The summed E-state index contributed by atoms with van der Waals surface area (Å²) < 4.78 is 19.6. The number of ketones is 1. The van der Waals surface area contributed by atoms with E-state index in [1.165, 1.54) is 25.7 Å². The Morgan fingerprint density at radius 1 is 0.744 bits per heavy atom. The second-order valence-electron chi connectivity index (χ2n) is 11.1. The van der Waals surface area contributed by atoms with Crippen molar-refractivity contribution in [2.45, 2.75) is 116 Å². The van der Waals surface area contributed by atoms with Crippen LogP contribution in [-0.4, -0.2) is 55.2 Å². The Kier molecular flexibility index (Phi) is 14.8. The van der Waals surface area contributed by atoms with Gasteiger partial charge in [-0.15, -0.1) is 0 Å². The summed E-state index contributed by atoms with van der Waals surface area (Å²) in [5, 5.41) is 0. The zero-order valence-corrected chi connectivity index (χ0v) is 24.6. The monoisotopic (exact) mass is 537 g/mol. The summed E-state index contributed by atoms with van der Waals surface area (Å²) in [6.45, 7) is 6.61. The van der Waals surface area contributed by atoms with Crippen molar-refractivity contribution >= 4 is 5.78 Å². The Morgan fingerprint density at radius 3 is 1.92 bits per heavy atom. The molecule has 5 heteroatoms. The molecule has 2 aromatic rings. The van der Waals surface area contributed by atoms with Gasteiger partial charge in [-0.25, -0.2) is 0 Å². The van der Waals surface area contributed by atoms with Crippen molar-refractivity contribution in [1.82, 2.24) is 4.90 Å². The van der Waals surface area contributed by atoms with Crippen LogP contribution in [0.1, 0.15) is 89.2 Å². The molecule has 0 radical (unpaired) electrons. The lowest BCUT2D eigenvalue weighted by Gasteiger charge is -2.34. The summed E-state index contributed by atoms with van der Waals surface area (Å²) in [6, 6.07) is 20.7. The number of carbonyl (C=O) groups excluding carboxylic acids is 1. The van der Waals surface area contributed by atoms with Gasteiger partial charge in [0.1, 0.15) is 12.7 Å². The molecule has 216 valence electrons. The molecule has 0 amide bonds. The van der Waals surface area contributed by atoms with Crippen LogP contribution in [0.4, 0.5) is 0 Å². The van der Waals surface area contributed by atoms with Gasteiger partial charge in [0.15, 0.2) is 5.78 Å².